The Bertz CT molecular complexity index is 605. The van der Waals surface area contributed by atoms with Gasteiger partial charge in [0.05, 0.1) is 23.1 Å². The van der Waals surface area contributed by atoms with Crippen molar-refractivity contribution in [3.8, 4) is 0 Å². The van der Waals surface area contributed by atoms with Gasteiger partial charge in [0.25, 0.3) is 0 Å². The number of nitrogens with one attached hydrogen (secondary N) is 2. The quantitative estimate of drug-likeness (QED) is 0.579. The van der Waals surface area contributed by atoms with Gasteiger partial charge < -0.3 is 20.3 Å². The first-order valence-electron chi connectivity index (χ1n) is 8.29. The summed E-state index contributed by atoms with van der Waals surface area (Å²) in [4.78, 5) is 25.6. The highest BCUT2D eigenvalue weighted by Crippen LogP contribution is 2.24. The number of ether oxygens (including phenoxy) is 1. The van der Waals surface area contributed by atoms with E-state index in [4.69, 9.17) is 27.9 Å². The summed E-state index contributed by atoms with van der Waals surface area (Å²) in [6.07, 6.45) is 2.51. The average molecular weight is 388 g/mol. The maximum atomic E-state index is 11.8. The number of halogens is 2. The van der Waals surface area contributed by atoms with Crippen molar-refractivity contribution in [2.45, 2.75) is 19.3 Å². The van der Waals surface area contributed by atoms with Crippen LogP contribution in [0.25, 0.3) is 0 Å². The molecule has 8 heteroatoms. The molecule has 1 heterocycles. The van der Waals surface area contributed by atoms with E-state index in [1.165, 1.54) is 7.11 Å². The van der Waals surface area contributed by atoms with Crippen LogP contribution in [0.1, 0.15) is 19.3 Å². The number of nitrogens with zero attached hydrogens (tertiary/aromatic N) is 1. The van der Waals surface area contributed by atoms with Crippen LogP contribution in [0.3, 0.4) is 0 Å². The number of benzene rings is 1. The summed E-state index contributed by atoms with van der Waals surface area (Å²) in [6.45, 7) is 3.23. The van der Waals surface area contributed by atoms with Crippen LogP contribution in [0.4, 0.5) is 10.5 Å². The fourth-order valence-corrected chi connectivity index (χ4v) is 3.11. The molecule has 1 fully saturated rings. The Morgan fingerprint density at radius 1 is 1.24 bits per heavy atom. The molecule has 0 aromatic heterocycles. The molecule has 0 aliphatic carbocycles. The van der Waals surface area contributed by atoms with Gasteiger partial charge in [-0.2, -0.15) is 0 Å². The number of urea groups is 1. The molecule has 0 atom stereocenters. The SMILES string of the molecule is COC(=O)C1CCN(CCCNC(=O)Nc2ccc(Cl)c(Cl)c2)CC1. The maximum Gasteiger partial charge on any atom is 0.319 e. The van der Waals surface area contributed by atoms with Gasteiger partial charge in [-0.25, -0.2) is 4.79 Å². The number of rotatable bonds is 6. The lowest BCUT2D eigenvalue weighted by molar-refractivity contribution is -0.147. The Hall–Kier alpha value is -1.50. The van der Waals surface area contributed by atoms with E-state index >= 15 is 0 Å². The Morgan fingerprint density at radius 2 is 1.96 bits per heavy atom. The highest BCUT2D eigenvalue weighted by molar-refractivity contribution is 6.42. The minimum absolute atomic E-state index is 0.0244. The molecule has 2 rings (SSSR count). The molecule has 1 aromatic rings. The van der Waals surface area contributed by atoms with Gasteiger partial charge in [-0.1, -0.05) is 23.2 Å². The molecule has 1 aliphatic heterocycles. The largest absolute Gasteiger partial charge is 0.469 e. The molecule has 0 saturated carbocycles. The molecule has 0 spiro atoms. The summed E-state index contributed by atoms with van der Waals surface area (Å²) in [6, 6.07) is 4.66. The number of esters is 1. The fourth-order valence-electron chi connectivity index (χ4n) is 2.81. The van der Waals surface area contributed by atoms with Gasteiger partial charge in [-0.05, 0) is 57.1 Å². The summed E-state index contributed by atoms with van der Waals surface area (Å²) in [5, 5.41) is 6.37. The fraction of sp³-hybridized carbons (Fsp3) is 0.529. The van der Waals surface area contributed by atoms with Crippen LogP contribution in [-0.4, -0.2) is 50.2 Å². The Labute approximate surface area is 157 Å². The Morgan fingerprint density at radius 3 is 2.60 bits per heavy atom. The van der Waals surface area contributed by atoms with Crippen LogP contribution in [0.15, 0.2) is 18.2 Å². The highest BCUT2D eigenvalue weighted by atomic mass is 35.5. The third-order valence-corrected chi connectivity index (χ3v) is 4.98. The average Bonchev–Trinajstić information content (AvgIpc) is 2.62. The minimum Gasteiger partial charge on any atom is -0.469 e. The van der Waals surface area contributed by atoms with E-state index in [-0.39, 0.29) is 17.9 Å². The molecule has 0 radical (unpaired) electrons. The van der Waals surface area contributed by atoms with Crippen molar-refractivity contribution >= 4 is 40.9 Å². The molecule has 6 nitrogen and oxygen atoms in total. The van der Waals surface area contributed by atoms with Gasteiger partial charge in [0.15, 0.2) is 0 Å². The van der Waals surface area contributed by atoms with Crippen molar-refractivity contribution in [1.29, 1.82) is 0 Å². The van der Waals surface area contributed by atoms with E-state index in [2.05, 4.69) is 15.5 Å². The maximum absolute atomic E-state index is 11.8. The highest BCUT2D eigenvalue weighted by Gasteiger charge is 2.25. The third kappa shape index (κ3) is 6.38. The third-order valence-electron chi connectivity index (χ3n) is 4.24. The summed E-state index contributed by atoms with van der Waals surface area (Å²) in [5.74, 6) is -0.0864. The van der Waals surface area contributed by atoms with Crippen LogP contribution in [-0.2, 0) is 9.53 Å². The zero-order valence-corrected chi connectivity index (χ0v) is 15.7. The van der Waals surface area contributed by atoms with Crippen LogP contribution in [0.5, 0.6) is 0 Å². The van der Waals surface area contributed by atoms with E-state index in [0.29, 0.717) is 22.3 Å². The molecule has 0 bridgehead atoms. The van der Waals surface area contributed by atoms with Crippen molar-refractivity contribution in [2.75, 3.05) is 38.6 Å². The van der Waals surface area contributed by atoms with Crippen molar-refractivity contribution in [3.63, 3.8) is 0 Å². The number of anilines is 1. The molecule has 25 heavy (non-hydrogen) atoms. The number of amides is 2. The normalized spacial score (nSPS) is 15.6. The predicted molar refractivity (Wildman–Crippen MR) is 99.3 cm³/mol. The lowest BCUT2D eigenvalue weighted by Gasteiger charge is -2.30. The molecule has 2 N–H and O–H groups in total. The molecule has 0 unspecified atom stereocenters. The van der Waals surface area contributed by atoms with Gasteiger partial charge in [-0.15, -0.1) is 0 Å². The van der Waals surface area contributed by atoms with E-state index in [1.54, 1.807) is 18.2 Å². The molecular formula is C17H23Cl2N3O3. The zero-order valence-electron chi connectivity index (χ0n) is 14.2. The molecular weight excluding hydrogens is 365 g/mol. The minimum atomic E-state index is -0.275. The standard InChI is InChI=1S/C17H23Cl2N3O3/c1-25-16(23)12-5-9-22(10-6-12)8-2-7-20-17(24)21-13-3-4-14(18)15(19)11-13/h3-4,11-12H,2,5-10H2,1H3,(H2,20,21,24). The number of hydrogen-bond donors (Lipinski definition) is 2. The summed E-state index contributed by atoms with van der Waals surface area (Å²) in [7, 11) is 1.43. The summed E-state index contributed by atoms with van der Waals surface area (Å²) in [5.41, 5.74) is 0.594. The second-order valence-corrected chi connectivity index (χ2v) is 6.82. The molecule has 1 saturated heterocycles. The number of likely N-dealkylation sites (tertiary alicyclic amines) is 1. The lowest BCUT2D eigenvalue weighted by atomic mass is 9.97. The van der Waals surface area contributed by atoms with Gasteiger partial charge in [0, 0.05) is 12.2 Å². The van der Waals surface area contributed by atoms with Crippen LogP contribution >= 0.6 is 23.2 Å². The van der Waals surface area contributed by atoms with E-state index in [0.717, 1.165) is 38.9 Å². The smallest absolute Gasteiger partial charge is 0.319 e. The van der Waals surface area contributed by atoms with Gasteiger partial charge in [0.2, 0.25) is 0 Å². The number of carbonyl (C=O) groups excluding carboxylic acids is 2. The van der Waals surface area contributed by atoms with E-state index in [1.807, 2.05) is 0 Å². The number of methoxy groups -OCH3 is 1. The molecule has 138 valence electrons. The number of carbonyl (C=O) groups is 2. The monoisotopic (exact) mass is 387 g/mol. The van der Waals surface area contributed by atoms with Crippen molar-refractivity contribution in [2.24, 2.45) is 5.92 Å². The van der Waals surface area contributed by atoms with Crippen molar-refractivity contribution in [1.82, 2.24) is 10.2 Å². The van der Waals surface area contributed by atoms with Crippen molar-refractivity contribution < 1.29 is 14.3 Å². The van der Waals surface area contributed by atoms with E-state index < -0.39 is 0 Å². The van der Waals surface area contributed by atoms with Crippen LogP contribution in [0.2, 0.25) is 10.0 Å². The first kappa shape index (κ1) is 19.8. The number of hydrogen-bond acceptors (Lipinski definition) is 4. The van der Waals surface area contributed by atoms with E-state index in [9.17, 15) is 9.59 Å². The van der Waals surface area contributed by atoms with Crippen LogP contribution in [0, 0.1) is 5.92 Å². The van der Waals surface area contributed by atoms with Gasteiger partial charge in [-0.3, -0.25) is 4.79 Å². The Balaban J connectivity index is 1.60. The first-order valence-corrected chi connectivity index (χ1v) is 9.05. The second-order valence-electron chi connectivity index (χ2n) is 6.00. The zero-order chi connectivity index (χ0) is 18.2. The summed E-state index contributed by atoms with van der Waals surface area (Å²) >= 11 is 11.7. The number of piperidine rings is 1. The second kappa shape index (κ2) is 9.85. The first-order chi connectivity index (χ1) is 12.0. The topological polar surface area (TPSA) is 70.7 Å². The summed E-state index contributed by atoms with van der Waals surface area (Å²) < 4.78 is 4.79. The van der Waals surface area contributed by atoms with Gasteiger partial charge >= 0.3 is 12.0 Å². The molecule has 1 aromatic carbocycles. The van der Waals surface area contributed by atoms with Crippen LogP contribution < -0.4 is 10.6 Å². The van der Waals surface area contributed by atoms with Crippen molar-refractivity contribution in [3.05, 3.63) is 28.2 Å². The van der Waals surface area contributed by atoms with Gasteiger partial charge in [0.1, 0.15) is 0 Å². The lowest BCUT2D eigenvalue weighted by Crippen LogP contribution is -2.38. The Kier molecular flexibility index (Phi) is 7.81. The molecule has 1 aliphatic rings. The predicted octanol–water partition coefficient (Wildman–Crippen LogP) is 3.39. The molecule has 2 amide bonds.